The number of allylic oxidation sites excluding steroid dienone is 2. The molecule has 1 aromatic rings. The Labute approximate surface area is 346 Å². The number of anilines is 1. The van der Waals surface area contributed by atoms with E-state index in [0.717, 1.165) is 0 Å². The number of hydrogen-bond acceptors (Lipinski definition) is 16. The van der Waals surface area contributed by atoms with Crippen molar-refractivity contribution in [3.63, 3.8) is 0 Å². The number of amides is 7. The van der Waals surface area contributed by atoms with Crippen molar-refractivity contribution in [2.45, 2.75) is 69.7 Å². The predicted molar refractivity (Wildman–Crippen MR) is 203 cm³/mol. The molecule has 5 rings (SSSR count). The first-order valence-electron chi connectivity index (χ1n) is 18.6. The molecule has 1 aliphatic carbocycles. The minimum Gasteiger partial charge on any atom is -0.480 e. The smallest absolute Gasteiger partial charge is 0.410 e. The van der Waals surface area contributed by atoms with Gasteiger partial charge in [0.25, 0.3) is 0 Å². The van der Waals surface area contributed by atoms with Gasteiger partial charge < -0.3 is 67.4 Å². The third-order valence-corrected chi connectivity index (χ3v) is 10.5. The minimum atomic E-state index is -1.49. The number of methoxy groups -OCH3 is 1. The fourth-order valence-corrected chi connectivity index (χ4v) is 7.55. The quantitative estimate of drug-likeness (QED) is 0.0533. The molecule has 3 aliphatic heterocycles. The Kier molecular flexibility index (Phi) is 13.3. The zero-order valence-electron chi connectivity index (χ0n) is 33.3. The van der Waals surface area contributed by atoms with Crippen LogP contribution < -0.4 is 38.5 Å². The molecule has 0 aromatic heterocycles. The molecule has 2 saturated heterocycles. The first-order chi connectivity index (χ1) is 28.7. The van der Waals surface area contributed by atoms with Crippen molar-refractivity contribution in [3.8, 4) is 0 Å². The number of carbonyl (C=O) groups excluding carboxylic acids is 9. The zero-order chi connectivity index (χ0) is 45.1. The van der Waals surface area contributed by atoms with E-state index in [4.69, 9.17) is 36.5 Å². The molecule has 0 bridgehead atoms. The van der Waals surface area contributed by atoms with Crippen molar-refractivity contribution in [1.29, 1.82) is 0 Å². The van der Waals surface area contributed by atoms with E-state index in [9.17, 15) is 47.9 Å². The minimum absolute atomic E-state index is 0.00282. The summed E-state index contributed by atoms with van der Waals surface area (Å²) in [5.74, 6) is -7.63. The summed E-state index contributed by atoms with van der Waals surface area (Å²) in [4.78, 5) is 128. The molecule has 24 heteroatoms. The van der Waals surface area contributed by atoms with Gasteiger partial charge in [-0.1, -0.05) is 12.1 Å². The lowest BCUT2D eigenvalue weighted by atomic mass is 9.82. The van der Waals surface area contributed by atoms with Crippen LogP contribution in [0.5, 0.6) is 0 Å². The first-order valence-corrected chi connectivity index (χ1v) is 18.6. The zero-order valence-corrected chi connectivity index (χ0v) is 33.3. The SMILES string of the molecule is CO[C@]12C3[C@H](CN1C1=C(C(=O)C(N)=C(C)C1=O)[C@H]2COC(N)=O)N3C(=O)OCc1ccc(NC(=O)[C@H](CC(N)=O)NC(=O)[C@H](C)NC(=O)[C@H](C)NC(=O)COCC(=O)O)cc1. The lowest BCUT2D eigenvalue weighted by molar-refractivity contribution is -0.144. The maximum absolute atomic E-state index is 13.4. The van der Waals surface area contributed by atoms with Crippen LogP contribution in [0, 0.1) is 5.92 Å². The maximum Gasteiger partial charge on any atom is 0.410 e. The summed E-state index contributed by atoms with van der Waals surface area (Å²) >= 11 is 0. The Morgan fingerprint density at radius 3 is 2.15 bits per heavy atom. The van der Waals surface area contributed by atoms with Gasteiger partial charge in [0.15, 0.2) is 5.72 Å². The van der Waals surface area contributed by atoms with Crippen LogP contribution in [0.3, 0.4) is 0 Å². The van der Waals surface area contributed by atoms with Gasteiger partial charge in [-0.3, -0.25) is 38.5 Å². The van der Waals surface area contributed by atoms with Crippen LogP contribution in [-0.4, -0.2) is 144 Å². The standard InChI is InChI=1S/C37H45N9O15/c1-15-27(39)30(52)26-20(12-60-35(40)56)37(58-4)31-22(10-45(37)28(26)29(15)51)46(31)36(57)61-11-18-5-7-19(8-6-18)43-34(55)21(9-23(38)47)44-33(54)17(3)42-32(53)16(2)41-24(48)13-59-14-25(49)50/h5-8,16-17,20-22,31H,9-14,39H2,1-4H3,(H2,38,47)(H2,40,56)(H,41,48)(H,42,53)(H,43,55)(H,44,54)(H,49,50)/t16-,17-,20+,21-,22-,31?,37+,46?/m0/s1. The van der Waals surface area contributed by atoms with E-state index in [2.05, 4.69) is 26.0 Å². The van der Waals surface area contributed by atoms with Crippen molar-refractivity contribution in [1.82, 2.24) is 25.8 Å². The van der Waals surface area contributed by atoms with Gasteiger partial charge in [-0.2, -0.15) is 0 Å². The highest BCUT2D eigenvalue weighted by Crippen LogP contribution is 2.59. The molecule has 0 spiro atoms. The summed E-state index contributed by atoms with van der Waals surface area (Å²) in [5.41, 5.74) is 15.6. The molecule has 4 aliphatic rings. The number of nitrogens with zero attached hydrogens (tertiary/aromatic N) is 2. The van der Waals surface area contributed by atoms with Gasteiger partial charge in [0, 0.05) is 30.5 Å². The molecule has 328 valence electrons. The van der Waals surface area contributed by atoms with Gasteiger partial charge in [-0.15, -0.1) is 0 Å². The number of piperazine rings is 1. The van der Waals surface area contributed by atoms with E-state index in [1.165, 1.54) is 57.0 Å². The number of benzene rings is 1. The topological polar surface area (TPSA) is 360 Å². The average Bonchev–Trinajstić information content (AvgIpc) is 3.71. The summed E-state index contributed by atoms with van der Waals surface area (Å²) in [5, 5.41) is 18.1. The van der Waals surface area contributed by atoms with Crippen LogP contribution in [0.1, 0.15) is 32.8 Å². The normalized spacial score (nSPS) is 22.5. The summed E-state index contributed by atoms with van der Waals surface area (Å²) in [6, 6.07) is 0.899. The number of Topliss-reactive ketones (excluding diaryl/α,β-unsaturated/α-hetero) is 2. The first kappa shape index (κ1) is 45.0. The van der Waals surface area contributed by atoms with E-state index in [1.807, 2.05) is 0 Å². The number of nitrogens with one attached hydrogen (secondary N) is 4. The van der Waals surface area contributed by atoms with Crippen LogP contribution >= 0.6 is 0 Å². The summed E-state index contributed by atoms with van der Waals surface area (Å²) in [6.45, 7) is 2.11. The van der Waals surface area contributed by atoms with Crippen molar-refractivity contribution in [3.05, 3.63) is 52.4 Å². The van der Waals surface area contributed by atoms with Crippen LogP contribution in [-0.2, 0) is 63.9 Å². The lowest BCUT2D eigenvalue weighted by Crippen LogP contribution is -2.56. The number of fused-ring (bicyclic) bond motifs is 4. The second-order valence-electron chi connectivity index (χ2n) is 14.5. The number of aliphatic carboxylic acids is 1. The molecule has 24 nitrogen and oxygen atoms in total. The molecule has 61 heavy (non-hydrogen) atoms. The fraction of sp³-hybridized carbons (Fsp3) is 0.459. The van der Waals surface area contributed by atoms with Crippen molar-refractivity contribution >= 4 is 64.9 Å². The molecule has 2 fully saturated rings. The van der Waals surface area contributed by atoms with Crippen molar-refractivity contribution in [2.75, 3.05) is 38.8 Å². The number of ether oxygens (including phenoxy) is 4. The Morgan fingerprint density at radius 2 is 1.54 bits per heavy atom. The van der Waals surface area contributed by atoms with E-state index < -0.39 is 127 Å². The highest BCUT2D eigenvalue weighted by molar-refractivity contribution is 6.25. The molecule has 1 aromatic carbocycles. The highest BCUT2D eigenvalue weighted by Gasteiger charge is 2.78. The maximum atomic E-state index is 13.4. The van der Waals surface area contributed by atoms with Crippen LogP contribution in [0.2, 0.25) is 0 Å². The molecule has 7 amide bonds. The van der Waals surface area contributed by atoms with Gasteiger partial charge in [0.2, 0.25) is 41.1 Å². The Morgan fingerprint density at radius 1 is 0.902 bits per heavy atom. The Hall–Kier alpha value is -7.08. The third kappa shape index (κ3) is 9.23. The van der Waals surface area contributed by atoms with Crippen molar-refractivity contribution in [2.24, 2.45) is 23.1 Å². The van der Waals surface area contributed by atoms with E-state index >= 15 is 0 Å². The van der Waals surface area contributed by atoms with Crippen molar-refractivity contribution < 1.29 is 72.0 Å². The molecule has 11 N–H and O–H groups in total. The molecule has 3 heterocycles. The van der Waals surface area contributed by atoms with E-state index in [-0.39, 0.29) is 41.4 Å². The number of carboxylic acid groups (broad SMARTS) is 1. The third-order valence-electron chi connectivity index (χ3n) is 10.5. The van der Waals surface area contributed by atoms with Gasteiger partial charge in [0.05, 0.1) is 29.8 Å². The monoisotopic (exact) mass is 855 g/mol. The lowest BCUT2D eigenvalue weighted by Gasteiger charge is -2.40. The van der Waals surface area contributed by atoms with E-state index in [1.54, 1.807) is 4.90 Å². The number of primary amides is 2. The number of carboxylic acids is 1. The van der Waals surface area contributed by atoms with Crippen LogP contribution in [0.4, 0.5) is 15.3 Å². The molecular weight excluding hydrogens is 810 g/mol. The van der Waals surface area contributed by atoms with Gasteiger partial charge in [-0.05, 0) is 38.5 Å². The van der Waals surface area contributed by atoms with Crippen LogP contribution in [0.25, 0.3) is 0 Å². The van der Waals surface area contributed by atoms with Crippen LogP contribution in [0.15, 0.2) is 46.8 Å². The number of nitrogens with two attached hydrogens (primary N) is 3. The Balaban J connectivity index is 1.15. The summed E-state index contributed by atoms with van der Waals surface area (Å²) < 4.78 is 21.3. The largest absolute Gasteiger partial charge is 0.480 e. The van der Waals surface area contributed by atoms with Gasteiger partial charge in [-0.25, -0.2) is 14.4 Å². The fourth-order valence-electron chi connectivity index (χ4n) is 7.55. The number of carbonyl (C=O) groups is 10. The highest BCUT2D eigenvalue weighted by atomic mass is 16.6. The summed E-state index contributed by atoms with van der Waals surface area (Å²) in [6.07, 6.45) is -2.47. The summed E-state index contributed by atoms with van der Waals surface area (Å²) in [7, 11) is 1.34. The van der Waals surface area contributed by atoms with E-state index in [0.29, 0.717) is 5.56 Å². The molecule has 0 radical (unpaired) electrons. The molecular formula is C37H45N9O15. The number of hydrogen-bond donors (Lipinski definition) is 8. The van der Waals surface area contributed by atoms with Gasteiger partial charge >= 0.3 is 18.2 Å². The Bertz CT molecular complexity index is 2120. The second kappa shape index (κ2) is 18.0. The van der Waals surface area contributed by atoms with Gasteiger partial charge in [0.1, 0.15) is 50.6 Å². The molecule has 0 saturated carbocycles. The predicted octanol–water partition coefficient (Wildman–Crippen LogP) is -3.19. The number of ketones is 2. The second-order valence-corrected chi connectivity index (χ2v) is 14.5. The molecule has 7 atom stereocenters. The molecule has 1 unspecified atom stereocenters. The number of rotatable bonds is 18. The average molecular weight is 856 g/mol.